The van der Waals surface area contributed by atoms with E-state index in [0.717, 1.165) is 6.42 Å². The van der Waals surface area contributed by atoms with Crippen molar-refractivity contribution in [3.8, 4) is 11.3 Å². The highest BCUT2D eigenvalue weighted by molar-refractivity contribution is 6.04. The normalized spacial score (nSPS) is 12.7. The van der Waals surface area contributed by atoms with Crippen LogP contribution >= 0.6 is 0 Å². The molecule has 0 fully saturated rings. The molecular formula is C25H24N8O2. The molecule has 35 heavy (non-hydrogen) atoms. The van der Waals surface area contributed by atoms with E-state index in [1.165, 1.54) is 29.1 Å². The van der Waals surface area contributed by atoms with Gasteiger partial charge in [0.2, 0.25) is 0 Å². The number of benzene rings is 2. The lowest BCUT2D eigenvalue weighted by Gasteiger charge is -2.29. The SMILES string of the molecule is Cc1ccc2c(c1)CCN(C(=O)Nc1ccc(-c3n[nH]c(Nc4cnccn4)c3C(N)=O)cc1)C2. The summed E-state index contributed by atoms with van der Waals surface area (Å²) in [7, 11) is 0. The van der Waals surface area contributed by atoms with E-state index in [0.29, 0.717) is 41.7 Å². The van der Waals surface area contributed by atoms with E-state index < -0.39 is 5.91 Å². The molecular weight excluding hydrogens is 444 g/mol. The van der Waals surface area contributed by atoms with E-state index in [9.17, 15) is 9.59 Å². The van der Waals surface area contributed by atoms with Crippen LogP contribution in [0.4, 0.5) is 22.1 Å². The number of hydrogen-bond acceptors (Lipinski definition) is 6. The number of urea groups is 1. The molecule has 1 aliphatic rings. The second-order valence-corrected chi connectivity index (χ2v) is 8.35. The van der Waals surface area contributed by atoms with Crippen molar-refractivity contribution in [1.29, 1.82) is 0 Å². The number of nitrogens with two attached hydrogens (primary N) is 1. The van der Waals surface area contributed by atoms with Crippen LogP contribution < -0.4 is 16.4 Å². The maximum Gasteiger partial charge on any atom is 0.322 e. The molecule has 0 aliphatic carbocycles. The molecule has 2 aromatic heterocycles. The van der Waals surface area contributed by atoms with E-state index in [2.05, 4.69) is 55.9 Å². The molecule has 5 rings (SSSR count). The summed E-state index contributed by atoms with van der Waals surface area (Å²) in [5.41, 5.74) is 11.3. The standard InChI is InChI=1S/C25H24N8O2/c1-15-2-3-18-14-33(11-8-17(18)12-15)25(35)29-19-6-4-16(5-7-19)22-21(23(26)34)24(32-31-22)30-20-13-27-9-10-28-20/h2-7,9-10,12-13H,8,11,14H2,1H3,(H2,26,34)(H,29,35)(H2,28,30,31,32). The summed E-state index contributed by atoms with van der Waals surface area (Å²) in [5, 5.41) is 13.0. The van der Waals surface area contributed by atoms with Crippen molar-refractivity contribution in [3.63, 3.8) is 0 Å². The molecule has 0 spiro atoms. The van der Waals surface area contributed by atoms with Gasteiger partial charge in [0.05, 0.1) is 6.20 Å². The number of aromatic nitrogens is 4. The lowest BCUT2D eigenvalue weighted by Crippen LogP contribution is -2.38. The number of hydrogen-bond donors (Lipinski definition) is 4. The first-order valence-electron chi connectivity index (χ1n) is 11.1. The lowest BCUT2D eigenvalue weighted by molar-refractivity contribution is 0.100. The summed E-state index contributed by atoms with van der Waals surface area (Å²) in [5.74, 6) is 0.128. The number of fused-ring (bicyclic) bond motifs is 1. The predicted molar refractivity (Wildman–Crippen MR) is 132 cm³/mol. The fourth-order valence-corrected chi connectivity index (χ4v) is 4.14. The number of anilines is 3. The minimum Gasteiger partial charge on any atom is -0.365 e. The van der Waals surface area contributed by atoms with Gasteiger partial charge in [-0.1, -0.05) is 35.9 Å². The number of aryl methyl sites for hydroxylation is 1. The topological polar surface area (TPSA) is 142 Å². The molecule has 3 heterocycles. The Labute approximate surface area is 201 Å². The van der Waals surface area contributed by atoms with E-state index >= 15 is 0 Å². The number of amides is 3. The molecule has 5 N–H and O–H groups in total. The fourth-order valence-electron chi connectivity index (χ4n) is 4.14. The Balaban J connectivity index is 1.30. The summed E-state index contributed by atoms with van der Waals surface area (Å²) in [4.78, 5) is 34.9. The van der Waals surface area contributed by atoms with Crippen LogP contribution in [0.3, 0.4) is 0 Å². The van der Waals surface area contributed by atoms with Crippen LogP contribution in [0.25, 0.3) is 11.3 Å². The zero-order valence-corrected chi connectivity index (χ0v) is 19.1. The van der Waals surface area contributed by atoms with Crippen LogP contribution in [-0.2, 0) is 13.0 Å². The molecule has 0 saturated heterocycles. The van der Waals surface area contributed by atoms with Gasteiger partial charge < -0.3 is 21.3 Å². The largest absolute Gasteiger partial charge is 0.365 e. The fraction of sp³-hybridized carbons (Fsp3) is 0.160. The van der Waals surface area contributed by atoms with Crippen molar-refractivity contribution < 1.29 is 9.59 Å². The molecule has 1 aliphatic heterocycles. The Morgan fingerprint density at radius 3 is 2.66 bits per heavy atom. The second kappa shape index (κ2) is 9.26. The van der Waals surface area contributed by atoms with Gasteiger partial charge in [-0.25, -0.2) is 9.78 Å². The molecule has 0 saturated carbocycles. The number of nitrogens with zero attached hydrogens (tertiary/aromatic N) is 4. The number of carbonyl (C=O) groups is 2. The Morgan fingerprint density at radius 1 is 1.09 bits per heavy atom. The van der Waals surface area contributed by atoms with Crippen molar-refractivity contribution in [2.24, 2.45) is 5.73 Å². The molecule has 0 bridgehead atoms. The smallest absolute Gasteiger partial charge is 0.322 e. The van der Waals surface area contributed by atoms with Crippen molar-refractivity contribution in [2.45, 2.75) is 19.9 Å². The summed E-state index contributed by atoms with van der Waals surface area (Å²) in [6.07, 6.45) is 5.43. The van der Waals surface area contributed by atoms with Gasteiger partial charge in [0.25, 0.3) is 5.91 Å². The van der Waals surface area contributed by atoms with Crippen LogP contribution in [-0.4, -0.2) is 43.5 Å². The number of nitrogens with one attached hydrogen (secondary N) is 3. The van der Waals surface area contributed by atoms with Gasteiger partial charge in [0.1, 0.15) is 22.9 Å². The highest BCUT2D eigenvalue weighted by Crippen LogP contribution is 2.29. The Hall–Kier alpha value is -4.73. The number of aromatic amines is 1. The van der Waals surface area contributed by atoms with Gasteiger partial charge in [-0.2, -0.15) is 5.10 Å². The predicted octanol–water partition coefficient (Wildman–Crippen LogP) is 3.61. The third-order valence-corrected chi connectivity index (χ3v) is 5.90. The molecule has 10 heteroatoms. The van der Waals surface area contributed by atoms with Crippen LogP contribution in [0.1, 0.15) is 27.0 Å². The van der Waals surface area contributed by atoms with Crippen LogP contribution in [0.2, 0.25) is 0 Å². The van der Waals surface area contributed by atoms with Crippen molar-refractivity contribution >= 4 is 29.3 Å². The van der Waals surface area contributed by atoms with Gasteiger partial charge in [-0.3, -0.25) is 14.9 Å². The zero-order chi connectivity index (χ0) is 24.4. The van der Waals surface area contributed by atoms with Gasteiger partial charge >= 0.3 is 6.03 Å². The van der Waals surface area contributed by atoms with Gasteiger partial charge in [0, 0.05) is 36.7 Å². The molecule has 2 aromatic carbocycles. The molecule has 10 nitrogen and oxygen atoms in total. The third-order valence-electron chi connectivity index (χ3n) is 5.90. The first-order chi connectivity index (χ1) is 17.0. The summed E-state index contributed by atoms with van der Waals surface area (Å²) in [6.45, 7) is 3.32. The monoisotopic (exact) mass is 468 g/mol. The minimum absolute atomic E-state index is 0.156. The highest BCUT2D eigenvalue weighted by atomic mass is 16.2. The van der Waals surface area contributed by atoms with Gasteiger partial charge in [-0.15, -0.1) is 0 Å². The first-order valence-corrected chi connectivity index (χ1v) is 11.1. The van der Waals surface area contributed by atoms with E-state index in [1.54, 1.807) is 35.4 Å². The van der Waals surface area contributed by atoms with Crippen LogP contribution in [0.15, 0.2) is 61.1 Å². The van der Waals surface area contributed by atoms with E-state index in [4.69, 9.17) is 5.73 Å². The lowest BCUT2D eigenvalue weighted by atomic mass is 9.98. The maximum absolute atomic E-state index is 12.8. The minimum atomic E-state index is -0.641. The molecule has 0 radical (unpaired) electrons. The van der Waals surface area contributed by atoms with Gasteiger partial charge in [0.15, 0.2) is 0 Å². The number of H-pyrrole nitrogens is 1. The average molecular weight is 469 g/mol. The van der Waals surface area contributed by atoms with E-state index in [-0.39, 0.29) is 11.6 Å². The summed E-state index contributed by atoms with van der Waals surface area (Å²) in [6, 6.07) is 13.3. The van der Waals surface area contributed by atoms with Crippen molar-refractivity contribution in [2.75, 3.05) is 17.2 Å². The Kier molecular flexibility index (Phi) is 5.84. The third kappa shape index (κ3) is 4.67. The number of carbonyl (C=O) groups excluding carboxylic acids is 2. The molecule has 0 atom stereocenters. The maximum atomic E-state index is 12.8. The van der Waals surface area contributed by atoms with Crippen LogP contribution in [0.5, 0.6) is 0 Å². The molecule has 176 valence electrons. The second-order valence-electron chi connectivity index (χ2n) is 8.35. The first kappa shape index (κ1) is 22.1. The zero-order valence-electron chi connectivity index (χ0n) is 19.1. The van der Waals surface area contributed by atoms with Crippen molar-refractivity contribution in [3.05, 3.63) is 83.3 Å². The Bertz CT molecular complexity index is 1380. The highest BCUT2D eigenvalue weighted by Gasteiger charge is 2.22. The Morgan fingerprint density at radius 2 is 1.91 bits per heavy atom. The molecule has 0 unspecified atom stereocenters. The van der Waals surface area contributed by atoms with Crippen LogP contribution in [0, 0.1) is 6.92 Å². The average Bonchev–Trinajstić information content (AvgIpc) is 3.28. The summed E-state index contributed by atoms with van der Waals surface area (Å²) < 4.78 is 0. The van der Waals surface area contributed by atoms with E-state index in [1.807, 2.05) is 0 Å². The number of rotatable bonds is 5. The summed E-state index contributed by atoms with van der Waals surface area (Å²) >= 11 is 0. The van der Waals surface area contributed by atoms with Crippen molar-refractivity contribution in [1.82, 2.24) is 25.1 Å². The quantitative estimate of drug-likeness (QED) is 0.352. The number of primary amides is 1. The molecule has 4 aromatic rings. The van der Waals surface area contributed by atoms with Gasteiger partial charge in [-0.05, 0) is 36.6 Å². The molecule has 3 amide bonds.